The summed E-state index contributed by atoms with van der Waals surface area (Å²) in [6.45, 7) is 0. The SMILES string of the molecule is O=c1c2ccccc2nc(-c2ccccc2)n1N=Cc1cc(Cl)cc([N+](=O)[O-])c1O. The van der Waals surface area contributed by atoms with Crippen molar-refractivity contribution in [2.45, 2.75) is 0 Å². The van der Waals surface area contributed by atoms with E-state index in [0.29, 0.717) is 16.5 Å². The zero-order valence-corrected chi connectivity index (χ0v) is 16.0. The standard InChI is InChI=1S/C21H13ClN4O4/c22-15-10-14(19(27)18(11-15)26(29)30)12-23-25-20(13-6-2-1-3-7-13)24-17-9-5-4-8-16(17)21(25)28/h1-12,27H. The van der Waals surface area contributed by atoms with E-state index in [4.69, 9.17) is 11.6 Å². The molecule has 1 aromatic heterocycles. The van der Waals surface area contributed by atoms with Gasteiger partial charge in [0.05, 0.1) is 22.0 Å². The fourth-order valence-corrected chi connectivity index (χ4v) is 3.19. The molecule has 0 radical (unpaired) electrons. The summed E-state index contributed by atoms with van der Waals surface area (Å²) in [7, 11) is 0. The molecule has 8 nitrogen and oxygen atoms in total. The Hall–Kier alpha value is -4.04. The van der Waals surface area contributed by atoms with E-state index < -0.39 is 21.9 Å². The summed E-state index contributed by atoms with van der Waals surface area (Å²) in [6.07, 6.45) is 1.14. The number of phenolic OH excluding ortho intramolecular Hbond substituents is 1. The van der Waals surface area contributed by atoms with Gasteiger partial charge in [-0.3, -0.25) is 14.9 Å². The molecule has 0 fully saturated rings. The highest BCUT2D eigenvalue weighted by molar-refractivity contribution is 6.31. The van der Waals surface area contributed by atoms with Crippen molar-refractivity contribution in [1.29, 1.82) is 0 Å². The van der Waals surface area contributed by atoms with E-state index >= 15 is 0 Å². The van der Waals surface area contributed by atoms with Gasteiger partial charge >= 0.3 is 5.69 Å². The number of rotatable bonds is 4. The molecule has 0 aliphatic carbocycles. The molecule has 0 aliphatic heterocycles. The molecule has 0 bridgehead atoms. The number of fused-ring (bicyclic) bond motifs is 1. The van der Waals surface area contributed by atoms with Gasteiger partial charge in [0.1, 0.15) is 0 Å². The van der Waals surface area contributed by atoms with Crippen LogP contribution in [0.1, 0.15) is 5.56 Å². The number of hydrogen-bond donors (Lipinski definition) is 1. The summed E-state index contributed by atoms with van der Waals surface area (Å²) < 4.78 is 1.09. The second-order valence-corrected chi connectivity index (χ2v) is 6.74. The predicted molar refractivity (Wildman–Crippen MR) is 114 cm³/mol. The molecule has 4 aromatic rings. The van der Waals surface area contributed by atoms with Gasteiger partial charge in [-0.2, -0.15) is 9.78 Å². The van der Waals surface area contributed by atoms with Gasteiger partial charge in [-0.05, 0) is 18.2 Å². The van der Waals surface area contributed by atoms with Crippen LogP contribution in [-0.4, -0.2) is 25.9 Å². The lowest BCUT2D eigenvalue weighted by atomic mass is 10.2. The molecule has 0 saturated carbocycles. The minimum atomic E-state index is -0.752. The Balaban J connectivity index is 1.94. The van der Waals surface area contributed by atoms with E-state index in [1.54, 1.807) is 48.5 Å². The third kappa shape index (κ3) is 3.51. The summed E-state index contributed by atoms with van der Waals surface area (Å²) in [5, 5.41) is 25.9. The number of benzene rings is 3. The number of hydrogen-bond acceptors (Lipinski definition) is 6. The second-order valence-electron chi connectivity index (χ2n) is 6.30. The lowest BCUT2D eigenvalue weighted by molar-refractivity contribution is -0.385. The first kappa shape index (κ1) is 19.3. The summed E-state index contributed by atoms with van der Waals surface area (Å²) in [5.41, 5.74) is 0.170. The molecular weight excluding hydrogens is 408 g/mol. The first-order valence-electron chi connectivity index (χ1n) is 8.74. The van der Waals surface area contributed by atoms with Crippen LogP contribution in [0.4, 0.5) is 5.69 Å². The van der Waals surface area contributed by atoms with Crippen LogP contribution in [0.25, 0.3) is 22.3 Å². The summed E-state index contributed by atoms with van der Waals surface area (Å²) in [4.78, 5) is 28.0. The zero-order chi connectivity index (χ0) is 21.3. The smallest absolute Gasteiger partial charge is 0.312 e. The largest absolute Gasteiger partial charge is 0.502 e. The third-order valence-electron chi connectivity index (χ3n) is 4.38. The third-order valence-corrected chi connectivity index (χ3v) is 4.60. The normalized spacial score (nSPS) is 11.2. The lowest BCUT2D eigenvalue weighted by Gasteiger charge is -2.09. The van der Waals surface area contributed by atoms with E-state index in [9.17, 15) is 20.0 Å². The number of phenols is 1. The predicted octanol–water partition coefficient (Wildman–Crippen LogP) is 4.21. The van der Waals surface area contributed by atoms with Crippen LogP contribution in [0.3, 0.4) is 0 Å². The molecule has 1 heterocycles. The molecule has 1 N–H and O–H groups in total. The molecule has 148 valence electrons. The van der Waals surface area contributed by atoms with Gasteiger partial charge in [0.25, 0.3) is 5.56 Å². The average molecular weight is 421 g/mol. The maximum absolute atomic E-state index is 13.1. The van der Waals surface area contributed by atoms with Crippen molar-refractivity contribution in [2.24, 2.45) is 5.10 Å². The van der Waals surface area contributed by atoms with Crippen LogP contribution in [0.5, 0.6) is 5.75 Å². The van der Waals surface area contributed by atoms with Crippen molar-refractivity contribution in [1.82, 2.24) is 9.66 Å². The Kier molecular flexibility index (Phi) is 4.99. The van der Waals surface area contributed by atoms with Crippen molar-refractivity contribution in [3.8, 4) is 17.1 Å². The molecule has 4 rings (SSSR count). The van der Waals surface area contributed by atoms with E-state index in [1.807, 2.05) is 6.07 Å². The van der Waals surface area contributed by atoms with E-state index in [1.165, 1.54) is 6.07 Å². The maximum atomic E-state index is 13.1. The highest BCUT2D eigenvalue weighted by atomic mass is 35.5. The van der Waals surface area contributed by atoms with Crippen LogP contribution in [0.2, 0.25) is 5.02 Å². The van der Waals surface area contributed by atoms with Crippen molar-refractivity contribution < 1.29 is 10.0 Å². The van der Waals surface area contributed by atoms with Gasteiger partial charge in [-0.1, -0.05) is 54.1 Å². The number of para-hydroxylation sites is 1. The van der Waals surface area contributed by atoms with Crippen molar-refractivity contribution in [3.05, 3.63) is 97.8 Å². The Labute approximate surface area is 174 Å². The molecule has 0 atom stereocenters. The molecule has 0 amide bonds. The molecule has 0 spiro atoms. The topological polar surface area (TPSA) is 111 Å². The first-order valence-corrected chi connectivity index (χ1v) is 9.12. The van der Waals surface area contributed by atoms with Gasteiger partial charge in [0.15, 0.2) is 5.82 Å². The van der Waals surface area contributed by atoms with Crippen LogP contribution < -0.4 is 5.56 Å². The Morgan fingerprint density at radius 3 is 2.53 bits per heavy atom. The van der Waals surface area contributed by atoms with Gasteiger partial charge in [-0.15, -0.1) is 0 Å². The van der Waals surface area contributed by atoms with E-state index in [2.05, 4.69) is 10.1 Å². The Bertz CT molecular complexity index is 1370. The van der Waals surface area contributed by atoms with Gasteiger partial charge in [0.2, 0.25) is 5.75 Å². The molecule has 0 unspecified atom stereocenters. The number of halogens is 1. The fourth-order valence-electron chi connectivity index (χ4n) is 2.97. The molecule has 9 heteroatoms. The molecule has 3 aromatic carbocycles. The lowest BCUT2D eigenvalue weighted by Crippen LogP contribution is -2.20. The number of nitro groups is 1. The van der Waals surface area contributed by atoms with Gasteiger partial charge in [-0.25, -0.2) is 4.98 Å². The molecular formula is C21H13ClN4O4. The second kappa shape index (κ2) is 7.76. The summed E-state index contributed by atoms with van der Waals surface area (Å²) in [6, 6.07) is 18.2. The van der Waals surface area contributed by atoms with Gasteiger partial charge in [0, 0.05) is 22.2 Å². The minimum absolute atomic E-state index is 0.00623. The molecule has 0 aliphatic rings. The summed E-state index contributed by atoms with van der Waals surface area (Å²) in [5.74, 6) is -0.317. The Morgan fingerprint density at radius 1 is 1.10 bits per heavy atom. The number of aromatic hydroxyl groups is 1. The van der Waals surface area contributed by atoms with Crippen molar-refractivity contribution in [3.63, 3.8) is 0 Å². The first-order chi connectivity index (χ1) is 14.5. The summed E-state index contributed by atoms with van der Waals surface area (Å²) >= 11 is 5.93. The number of nitrogens with zero attached hydrogens (tertiary/aromatic N) is 4. The fraction of sp³-hybridized carbons (Fsp3) is 0. The quantitative estimate of drug-likeness (QED) is 0.302. The monoisotopic (exact) mass is 420 g/mol. The van der Waals surface area contributed by atoms with Crippen LogP contribution in [0, 0.1) is 10.1 Å². The highest BCUT2D eigenvalue weighted by Crippen LogP contribution is 2.32. The molecule has 0 saturated heterocycles. The van der Waals surface area contributed by atoms with Crippen molar-refractivity contribution >= 4 is 34.4 Å². The van der Waals surface area contributed by atoms with Crippen LogP contribution in [0.15, 0.2) is 76.6 Å². The van der Waals surface area contributed by atoms with Crippen LogP contribution >= 0.6 is 11.6 Å². The van der Waals surface area contributed by atoms with Gasteiger partial charge < -0.3 is 5.11 Å². The minimum Gasteiger partial charge on any atom is -0.502 e. The Morgan fingerprint density at radius 2 is 1.80 bits per heavy atom. The van der Waals surface area contributed by atoms with E-state index in [0.717, 1.165) is 17.0 Å². The number of nitro benzene ring substituents is 1. The van der Waals surface area contributed by atoms with Crippen LogP contribution in [-0.2, 0) is 0 Å². The average Bonchev–Trinajstić information content (AvgIpc) is 2.75. The van der Waals surface area contributed by atoms with E-state index in [-0.39, 0.29) is 16.4 Å². The maximum Gasteiger partial charge on any atom is 0.312 e. The zero-order valence-electron chi connectivity index (χ0n) is 15.3. The highest BCUT2D eigenvalue weighted by Gasteiger charge is 2.18. The number of aromatic nitrogens is 2. The van der Waals surface area contributed by atoms with Crippen molar-refractivity contribution in [2.75, 3.05) is 0 Å². The molecule has 30 heavy (non-hydrogen) atoms.